The molecular formula is C24H39N2O3+. The summed E-state index contributed by atoms with van der Waals surface area (Å²) in [4.78, 5) is 25.4. The zero-order chi connectivity index (χ0) is 21.6. The summed E-state index contributed by atoms with van der Waals surface area (Å²) in [7, 11) is 0. The predicted molar refractivity (Wildman–Crippen MR) is 116 cm³/mol. The third kappa shape index (κ3) is 6.84. The Morgan fingerprint density at radius 3 is 2.24 bits per heavy atom. The number of hydrogen-bond donors (Lipinski definition) is 2. The summed E-state index contributed by atoms with van der Waals surface area (Å²) in [6.07, 6.45) is 2.47. The lowest BCUT2D eigenvalue weighted by Gasteiger charge is -2.27. The molecule has 0 aromatic heterocycles. The monoisotopic (exact) mass is 403 g/mol. The minimum absolute atomic E-state index is 0.00350. The molecule has 162 valence electrons. The summed E-state index contributed by atoms with van der Waals surface area (Å²) in [5.41, 5.74) is 5.44. The molecule has 1 aromatic rings. The van der Waals surface area contributed by atoms with Gasteiger partial charge in [0.05, 0.1) is 25.6 Å². The molecule has 0 aliphatic carbocycles. The largest absolute Gasteiger partial charge is 0.466 e. The van der Waals surface area contributed by atoms with Crippen LogP contribution in [-0.2, 0) is 26.2 Å². The van der Waals surface area contributed by atoms with Gasteiger partial charge in [0.1, 0.15) is 0 Å². The van der Waals surface area contributed by atoms with Gasteiger partial charge in [-0.3, -0.25) is 9.59 Å². The second kappa shape index (κ2) is 10.2. The highest BCUT2D eigenvalue weighted by molar-refractivity contribution is 5.77. The van der Waals surface area contributed by atoms with Crippen molar-refractivity contribution in [3.8, 4) is 0 Å². The highest BCUT2D eigenvalue weighted by atomic mass is 16.5. The van der Waals surface area contributed by atoms with Crippen LogP contribution in [0.2, 0.25) is 0 Å². The van der Waals surface area contributed by atoms with E-state index in [1.54, 1.807) is 0 Å². The van der Waals surface area contributed by atoms with E-state index in [9.17, 15) is 9.59 Å². The number of nitrogens with one attached hydrogen (secondary N) is 2. The van der Waals surface area contributed by atoms with E-state index in [-0.39, 0.29) is 23.2 Å². The summed E-state index contributed by atoms with van der Waals surface area (Å²) in [6, 6.07) is 4.56. The van der Waals surface area contributed by atoms with Crippen molar-refractivity contribution in [3.05, 3.63) is 34.4 Å². The molecule has 1 fully saturated rings. The molecular weight excluding hydrogens is 364 g/mol. The second-order valence-electron chi connectivity index (χ2n) is 9.39. The molecule has 2 N–H and O–H groups in total. The molecule has 0 radical (unpaired) electrons. The van der Waals surface area contributed by atoms with Gasteiger partial charge in [-0.25, -0.2) is 0 Å². The summed E-state index contributed by atoms with van der Waals surface area (Å²) in [6.45, 7) is 16.2. The maximum absolute atomic E-state index is 12.4. The molecule has 0 atom stereocenters. The van der Waals surface area contributed by atoms with Crippen molar-refractivity contribution in [1.82, 2.24) is 5.32 Å². The molecule has 0 bridgehead atoms. The van der Waals surface area contributed by atoms with Crippen molar-refractivity contribution in [2.75, 3.05) is 32.8 Å². The molecule has 0 unspecified atom stereocenters. The maximum atomic E-state index is 12.4. The van der Waals surface area contributed by atoms with Gasteiger partial charge in [0.25, 0.3) is 5.91 Å². The molecule has 1 aliphatic rings. The number of quaternary nitrogens is 1. The zero-order valence-electron chi connectivity index (χ0n) is 19.1. The average molecular weight is 404 g/mol. The lowest BCUT2D eigenvalue weighted by Crippen LogP contribution is -3.14. The van der Waals surface area contributed by atoms with E-state index in [0.717, 1.165) is 32.4 Å². The number of ether oxygens (including phenoxy) is 1. The first-order valence-corrected chi connectivity index (χ1v) is 11.0. The van der Waals surface area contributed by atoms with Crippen LogP contribution >= 0.6 is 0 Å². The average Bonchev–Trinajstić information content (AvgIpc) is 2.63. The first kappa shape index (κ1) is 23.4. The number of amides is 1. The van der Waals surface area contributed by atoms with Crippen molar-refractivity contribution in [3.63, 3.8) is 0 Å². The van der Waals surface area contributed by atoms with Gasteiger partial charge < -0.3 is 15.0 Å². The Kier molecular flexibility index (Phi) is 8.26. The fourth-order valence-electron chi connectivity index (χ4n) is 4.14. The van der Waals surface area contributed by atoms with Gasteiger partial charge in [-0.15, -0.1) is 0 Å². The van der Waals surface area contributed by atoms with E-state index in [4.69, 9.17) is 4.74 Å². The standard InChI is InChI=1S/C24H38N2O3/c1-7-29-23(28)19-9-12-26(13-10-19)16-22(27)25-11-8-21-17(2)14-20(15-18(21)3)24(4,5)6/h14-15,19H,7-13,16H2,1-6H3,(H,25,27)/p+1. The fraction of sp³-hybridized carbons (Fsp3) is 0.667. The van der Waals surface area contributed by atoms with Crippen molar-refractivity contribution in [1.29, 1.82) is 0 Å². The van der Waals surface area contributed by atoms with Crippen molar-refractivity contribution in [2.24, 2.45) is 5.92 Å². The topological polar surface area (TPSA) is 59.8 Å². The van der Waals surface area contributed by atoms with Crippen molar-refractivity contribution >= 4 is 11.9 Å². The number of aryl methyl sites for hydroxylation is 2. The van der Waals surface area contributed by atoms with E-state index in [1.165, 1.54) is 27.2 Å². The summed E-state index contributed by atoms with van der Waals surface area (Å²) in [5, 5.41) is 3.08. The van der Waals surface area contributed by atoms with Crippen LogP contribution in [0.3, 0.4) is 0 Å². The van der Waals surface area contributed by atoms with Crippen LogP contribution in [0, 0.1) is 19.8 Å². The molecule has 1 amide bonds. The molecule has 29 heavy (non-hydrogen) atoms. The smallest absolute Gasteiger partial charge is 0.309 e. The van der Waals surface area contributed by atoms with Crippen molar-refractivity contribution in [2.45, 2.75) is 66.2 Å². The van der Waals surface area contributed by atoms with Crippen LogP contribution in [0.1, 0.15) is 62.8 Å². The Bertz CT molecular complexity index is 690. The number of rotatable bonds is 7. The Morgan fingerprint density at radius 1 is 1.14 bits per heavy atom. The second-order valence-corrected chi connectivity index (χ2v) is 9.39. The molecule has 0 spiro atoms. The van der Waals surface area contributed by atoms with Crippen LogP contribution < -0.4 is 10.2 Å². The number of carbonyl (C=O) groups excluding carboxylic acids is 2. The molecule has 2 rings (SSSR count). The van der Waals surface area contributed by atoms with Crippen LogP contribution in [0.4, 0.5) is 0 Å². The molecule has 5 nitrogen and oxygen atoms in total. The highest BCUT2D eigenvalue weighted by Gasteiger charge is 2.29. The predicted octanol–water partition coefficient (Wildman–Crippen LogP) is 2.12. The molecule has 1 aliphatic heterocycles. The lowest BCUT2D eigenvalue weighted by atomic mass is 9.83. The third-order valence-electron chi connectivity index (χ3n) is 5.98. The Morgan fingerprint density at radius 2 is 1.72 bits per heavy atom. The number of piperidine rings is 1. The van der Waals surface area contributed by atoms with Crippen LogP contribution in [0.5, 0.6) is 0 Å². The maximum Gasteiger partial charge on any atom is 0.309 e. The number of benzene rings is 1. The molecule has 1 heterocycles. The van der Waals surface area contributed by atoms with E-state index < -0.39 is 0 Å². The number of hydrogen-bond acceptors (Lipinski definition) is 3. The molecule has 0 saturated carbocycles. The van der Waals surface area contributed by atoms with Gasteiger partial charge in [0.2, 0.25) is 0 Å². The SMILES string of the molecule is CCOC(=O)C1CC[NH+](CC(=O)NCCc2c(C)cc(C(C)(C)C)cc2C)CC1. The zero-order valence-corrected chi connectivity index (χ0v) is 19.1. The van der Waals surface area contributed by atoms with E-state index in [1.807, 2.05) is 6.92 Å². The third-order valence-corrected chi connectivity index (χ3v) is 5.98. The highest BCUT2D eigenvalue weighted by Crippen LogP contribution is 2.27. The summed E-state index contributed by atoms with van der Waals surface area (Å²) >= 11 is 0. The van der Waals surface area contributed by atoms with Crippen LogP contribution in [-0.4, -0.2) is 44.7 Å². The van der Waals surface area contributed by atoms with E-state index in [0.29, 0.717) is 19.7 Å². The van der Waals surface area contributed by atoms with Crippen LogP contribution in [0.15, 0.2) is 12.1 Å². The van der Waals surface area contributed by atoms with Crippen LogP contribution in [0.25, 0.3) is 0 Å². The van der Waals surface area contributed by atoms with Crippen molar-refractivity contribution < 1.29 is 19.2 Å². The molecule has 5 heteroatoms. The summed E-state index contributed by atoms with van der Waals surface area (Å²) in [5.74, 6) is 0.0132. The molecule has 1 aromatic carbocycles. The first-order valence-electron chi connectivity index (χ1n) is 11.0. The Labute approximate surface area is 176 Å². The van der Waals surface area contributed by atoms with Gasteiger partial charge in [-0.1, -0.05) is 32.9 Å². The normalized spacial score (nSPS) is 19.7. The quantitative estimate of drug-likeness (QED) is 0.686. The number of esters is 1. The van der Waals surface area contributed by atoms with Gasteiger partial charge >= 0.3 is 5.97 Å². The van der Waals surface area contributed by atoms with Gasteiger partial charge in [-0.2, -0.15) is 0 Å². The van der Waals surface area contributed by atoms with Gasteiger partial charge in [0, 0.05) is 19.4 Å². The number of carbonyl (C=O) groups is 2. The lowest BCUT2D eigenvalue weighted by molar-refractivity contribution is -0.897. The summed E-state index contributed by atoms with van der Waals surface area (Å²) < 4.78 is 5.11. The van der Waals surface area contributed by atoms with E-state index in [2.05, 4.69) is 52.1 Å². The Hall–Kier alpha value is -1.88. The first-order chi connectivity index (χ1) is 13.6. The van der Waals surface area contributed by atoms with Gasteiger partial charge in [-0.05, 0) is 54.9 Å². The fourth-order valence-corrected chi connectivity index (χ4v) is 4.14. The Balaban J connectivity index is 1.77. The minimum atomic E-state index is -0.0841. The van der Waals surface area contributed by atoms with E-state index >= 15 is 0 Å². The van der Waals surface area contributed by atoms with Gasteiger partial charge in [0.15, 0.2) is 6.54 Å². The molecule has 1 saturated heterocycles. The number of likely N-dealkylation sites (tertiary alicyclic amines) is 1. The minimum Gasteiger partial charge on any atom is -0.466 e.